The SMILES string of the molecule is O=C(CNC(=O)c1ccc(Br)o1)NNC(=O)Cc1ccc(Cl)cc1. The van der Waals surface area contributed by atoms with Gasteiger partial charge in [-0.2, -0.15) is 0 Å². The molecule has 24 heavy (non-hydrogen) atoms. The highest BCUT2D eigenvalue weighted by Crippen LogP contribution is 2.13. The predicted octanol–water partition coefficient (Wildman–Crippen LogP) is 1.82. The maximum absolute atomic E-state index is 11.7. The number of hydrogen-bond acceptors (Lipinski definition) is 4. The van der Waals surface area contributed by atoms with Crippen LogP contribution in [0.2, 0.25) is 5.02 Å². The van der Waals surface area contributed by atoms with Gasteiger partial charge in [-0.25, -0.2) is 0 Å². The minimum absolute atomic E-state index is 0.0708. The first-order valence-electron chi connectivity index (χ1n) is 6.79. The van der Waals surface area contributed by atoms with Crippen molar-refractivity contribution in [3.63, 3.8) is 0 Å². The van der Waals surface area contributed by atoms with Crippen molar-refractivity contribution in [2.45, 2.75) is 6.42 Å². The van der Waals surface area contributed by atoms with Gasteiger partial charge in [0.05, 0.1) is 13.0 Å². The van der Waals surface area contributed by atoms with E-state index in [1.807, 2.05) is 0 Å². The first-order valence-corrected chi connectivity index (χ1v) is 7.97. The largest absolute Gasteiger partial charge is 0.444 e. The molecule has 0 radical (unpaired) electrons. The molecule has 0 spiro atoms. The zero-order chi connectivity index (χ0) is 17.5. The maximum Gasteiger partial charge on any atom is 0.287 e. The fraction of sp³-hybridized carbons (Fsp3) is 0.133. The van der Waals surface area contributed by atoms with Crippen LogP contribution < -0.4 is 16.2 Å². The van der Waals surface area contributed by atoms with E-state index in [4.69, 9.17) is 16.0 Å². The van der Waals surface area contributed by atoms with Crippen LogP contribution in [0.1, 0.15) is 16.1 Å². The summed E-state index contributed by atoms with van der Waals surface area (Å²) < 4.78 is 5.45. The Balaban J connectivity index is 1.69. The molecule has 3 amide bonds. The smallest absolute Gasteiger partial charge is 0.287 e. The summed E-state index contributed by atoms with van der Waals surface area (Å²) in [6.45, 7) is -0.307. The molecule has 9 heteroatoms. The minimum Gasteiger partial charge on any atom is -0.444 e. The van der Waals surface area contributed by atoms with Gasteiger partial charge in [-0.1, -0.05) is 23.7 Å². The van der Waals surface area contributed by atoms with Crippen LogP contribution in [0.15, 0.2) is 45.5 Å². The molecule has 2 aromatic rings. The third kappa shape index (κ3) is 5.71. The Labute approximate surface area is 150 Å². The standard InChI is InChI=1S/C15H13BrClN3O4/c16-12-6-5-11(24-12)15(23)18-8-14(22)20-19-13(21)7-9-1-3-10(17)4-2-9/h1-6H,7-8H2,(H,18,23)(H,19,21)(H,20,22). The minimum atomic E-state index is -0.571. The van der Waals surface area contributed by atoms with Crippen LogP contribution in [0.5, 0.6) is 0 Å². The van der Waals surface area contributed by atoms with Gasteiger partial charge >= 0.3 is 0 Å². The van der Waals surface area contributed by atoms with E-state index in [2.05, 4.69) is 32.1 Å². The topological polar surface area (TPSA) is 100 Å². The number of carbonyl (C=O) groups excluding carboxylic acids is 3. The van der Waals surface area contributed by atoms with E-state index < -0.39 is 17.7 Å². The van der Waals surface area contributed by atoms with Crippen molar-refractivity contribution in [3.05, 3.63) is 57.4 Å². The number of hydrogen-bond donors (Lipinski definition) is 3. The third-order valence-electron chi connectivity index (χ3n) is 2.83. The highest BCUT2D eigenvalue weighted by molar-refractivity contribution is 9.10. The number of furan rings is 1. The molecule has 1 heterocycles. The van der Waals surface area contributed by atoms with Gasteiger partial charge in [-0.15, -0.1) is 0 Å². The molecule has 0 atom stereocenters. The van der Waals surface area contributed by atoms with Crippen molar-refractivity contribution in [3.8, 4) is 0 Å². The van der Waals surface area contributed by atoms with Crippen LogP contribution in [0, 0.1) is 0 Å². The zero-order valence-corrected chi connectivity index (χ0v) is 14.6. The third-order valence-corrected chi connectivity index (χ3v) is 3.50. The summed E-state index contributed by atoms with van der Waals surface area (Å²) in [5.41, 5.74) is 5.22. The molecule has 0 aliphatic rings. The van der Waals surface area contributed by atoms with Gasteiger partial charge < -0.3 is 9.73 Å². The van der Waals surface area contributed by atoms with Crippen LogP contribution in [-0.4, -0.2) is 24.3 Å². The van der Waals surface area contributed by atoms with Crippen molar-refractivity contribution < 1.29 is 18.8 Å². The number of rotatable bonds is 5. The Morgan fingerprint density at radius 1 is 1.00 bits per heavy atom. The molecular weight excluding hydrogens is 402 g/mol. The van der Waals surface area contributed by atoms with Crippen molar-refractivity contribution >= 4 is 45.3 Å². The molecule has 7 nitrogen and oxygen atoms in total. The summed E-state index contributed by atoms with van der Waals surface area (Å²) in [7, 11) is 0. The quantitative estimate of drug-likeness (QED) is 0.650. The zero-order valence-electron chi connectivity index (χ0n) is 12.3. The summed E-state index contributed by atoms with van der Waals surface area (Å²) in [6.07, 6.45) is 0.0875. The Morgan fingerprint density at radius 3 is 2.29 bits per heavy atom. The van der Waals surface area contributed by atoms with Crippen molar-refractivity contribution in [2.75, 3.05) is 6.54 Å². The van der Waals surface area contributed by atoms with Crippen molar-refractivity contribution in [2.24, 2.45) is 0 Å². The van der Waals surface area contributed by atoms with Gasteiger partial charge in [0, 0.05) is 5.02 Å². The summed E-state index contributed by atoms with van der Waals surface area (Å²) in [5.74, 6) is -1.44. The first kappa shape index (κ1) is 18.0. The monoisotopic (exact) mass is 413 g/mol. The van der Waals surface area contributed by atoms with E-state index in [9.17, 15) is 14.4 Å². The molecule has 3 N–H and O–H groups in total. The Hall–Kier alpha value is -2.32. The van der Waals surface area contributed by atoms with Gasteiger partial charge in [0.25, 0.3) is 11.8 Å². The molecule has 0 saturated carbocycles. The summed E-state index contributed by atoms with van der Waals surface area (Å²) >= 11 is 8.83. The van der Waals surface area contributed by atoms with E-state index in [1.54, 1.807) is 30.3 Å². The number of halogens is 2. The normalized spacial score (nSPS) is 10.1. The van der Waals surface area contributed by atoms with Crippen LogP contribution >= 0.6 is 27.5 Å². The van der Waals surface area contributed by atoms with E-state index in [1.165, 1.54) is 6.07 Å². The molecule has 0 fully saturated rings. The number of nitrogens with one attached hydrogen (secondary N) is 3. The summed E-state index contributed by atoms with van der Waals surface area (Å²) in [4.78, 5) is 35.0. The summed E-state index contributed by atoms with van der Waals surface area (Å²) in [6, 6.07) is 9.80. The van der Waals surface area contributed by atoms with Crippen LogP contribution in [0.4, 0.5) is 0 Å². The molecule has 0 aliphatic carbocycles. The maximum atomic E-state index is 11.7. The highest BCUT2D eigenvalue weighted by atomic mass is 79.9. The molecule has 0 aliphatic heterocycles. The van der Waals surface area contributed by atoms with Gasteiger partial charge in [-0.3, -0.25) is 25.2 Å². The summed E-state index contributed by atoms with van der Waals surface area (Å²) in [5, 5.41) is 2.94. The first-order chi connectivity index (χ1) is 11.4. The lowest BCUT2D eigenvalue weighted by atomic mass is 10.1. The lowest BCUT2D eigenvalue weighted by Crippen LogP contribution is -2.46. The van der Waals surface area contributed by atoms with Gasteiger partial charge in [-0.05, 0) is 45.8 Å². The van der Waals surface area contributed by atoms with Crippen LogP contribution in [0.25, 0.3) is 0 Å². The highest BCUT2D eigenvalue weighted by Gasteiger charge is 2.12. The lowest BCUT2D eigenvalue weighted by molar-refractivity contribution is -0.128. The van der Waals surface area contributed by atoms with Crippen LogP contribution in [0.3, 0.4) is 0 Å². The van der Waals surface area contributed by atoms with Crippen LogP contribution in [-0.2, 0) is 16.0 Å². The second kappa shape index (κ2) is 8.51. The second-order valence-corrected chi connectivity index (χ2v) is 5.90. The number of hydrazine groups is 1. The molecule has 126 valence electrons. The molecule has 0 bridgehead atoms. The molecule has 2 rings (SSSR count). The van der Waals surface area contributed by atoms with E-state index >= 15 is 0 Å². The van der Waals surface area contributed by atoms with Crippen molar-refractivity contribution in [1.29, 1.82) is 0 Å². The van der Waals surface area contributed by atoms with Gasteiger partial charge in [0.1, 0.15) is 0 Å². The fourth-order valence-electron chi connectivity index (χ4n) is 1.70. The Bertz CT molecular complexity index is 745. The van der Waals surface area contributed by atoms with Gasteiger partial charge in [0.15, 0.2) is 10.4 Å². The van der Waals surface area contributed by atoms with Crippen molar-refractivity contribution in [1.82, 2.24) is 16.2 Å². The molecule has 1 aromatic carbocycles. The lowest BCUT2D eigenvalue weighted by Gasteiger charge is -2.08. The average Bonchev–Trinajstić information content (AvgIpc) is 2.99. The van der Waals surface area contributed by atoms with Gasteiger partial charge in [0.2, 0.25) is 5.91 Å². The fourth-order valence-corrected chi connectivity index (χ4v) is 2.13. The predicted molar refractivity (Wildman–Crippen MR) is 90.2 cm³/mol. The van der Waals surface area contributed by atoms with E-state index in [0.717, 1.165) is 5.56 Å². The number of carbonyl (C=O) groups is 3. The van der Waals surface area contributed by atoms with E-state index in [-0.39, 0.29) is 18.7 Å². The molecule has 1 aromatic heterocycles. The number of benzene rings is 1. The second-order valence-electron chi connectivity index (χ2n) is 4.69. The molecular formula is C15H13BrClN3O4. The molecule has 0 saturated heterocycles. The average molecular weight is 415 g/mol. The van der Waals surface area contributed by atoms with E-state index in [0.29, 0.717) is 9.69 Å². The molecule has 0 unspecified atom stereocenters. The Morgan fingerprint density at radius 2 is 1.67 bits per heavy atom. The Kier molecular flexibility index (Phi) is 6.39. The number of amides is 3.